The fraction of sp³-hybridized carbons (Fsp3) is 0.312. The maximum Gasteiger partial charge on any atom is 0.254 e. The van der Waals surface area contributed by atoms with Crippen molar-refractivity contribution in [3.63, 3.8) is 0 Å². The molecule has 0 bridgehead atoms. The number of nitrogens with one attached hydrogen (secondary N) is 1. The van der Waals surface area contributed by atoms with Crippen LogP contribution in [0.4, 0.5) is 0 Å². The Morgan fingerprint density at radius 2 is 2.05 bits per heavy atom. The number of methoxy groups -OCH3 is 1. The molecule has 0 aliphatic rings. The number of amides is 1. The Bertz CT molecular complexity index is 644. The van der Waals surface area contributed by atoms with Gasteiger partial charge in [0.25, 0.3) is 5.91 Å². The van der Waals surface area contributed by atoms with Crippen LogP contribution < -0.4 is 10.1 Å². The number of hydrogen-bond donors (Lipinski definition) is 1. The van der Waals surface area contributed by atoms with Crippen LogP contribution in [0.1, 0.15) is 28.5 Å². The molecular weight excluding hydrogens is 298 g/mol. The third kappa shape index (κ3) is 3.98. The normalized spacial score (nSPS) is 10.3. The summed E-state index contributed by atoms with van der Waals surface area (Å²) >= 11 is 1.47. The topological polar surface area (TPSA) is 64.1 Å². The maximum atomic E-state index is 12.3. The van der Waals surface area contributed by atoms with E-state index >= 15 is 0 Å². The van der Waals surface area contributed by atoms with Gasteiger partial charge in [-0.1, -0.05) is 30.8 Å². The van der Waals surface area contributed by atoms with E-state index in [9.17, 15) is 4.79 Å². The molecule has 0 atom stereocenters. The SMILES string of the molecule is CCc1nc(SC)ncc1C(=O)NCc1ccc(OC)cc1. The van der Waals surface area contributed by atoms with Crippen LogP contribution in [0.15, 0.2) is 35.6 Å². The van der Waals surface area contributed by atoms with Crippen LogP contribution in [0, 0.1) is 0 Å². The second kappa shape index (κ2) is 7.79. The summed E-state index contributed by atoms with van der Waals surface area (Å²) in [5, 5.41) is 3.58. The van der Waals surface area contributed by atoms with Crippen molar-refractivity contribution in [2.45, 2.75) is 25.0 Å². The van der Waals surface area contributed by atoms with E-state index in [0.29, 0.717) is 23.7 Å². The molecule has 1 heterocycles. The first kappa shape index (κ1) is 16.3. The lowest BCUT2D eigenvalue weighted by atomic mass is 10.1. The number of aromatic nitrogens is 2. The Labute approximate surface area is 134 Å². The predicted octanol–water partition coefficient (Wildman–Crippen LogP) is 2.70. The third-order valence-corrected chi connectivity index (χ3v) is 3.78. The zero-order chi connectivity index (χ0) is 15.9. The Balaban J connectivity index is 2.05. The van der Waals surface area contributed by atoms with Gasteiger partial charge in [-0.15, -0.1) is 0 Å². The number of thioether (sulfide) groups is 1. The Hall–Kier alpha value is -2.08. The minimum atomic E-state index is -0.152. The fourth-order valence-electron chi connectivity index (χ4n) is 1.98. The van der Waals surface area contributed by atoms with E-state index in [-0.39, 0.29) is 5.91 Å². The summed E-state index contributed by atoms with van der Waals surface area (Å²) in [6, 6.07) is 7.59. The second-order valence-electron chi connectivity index (χ2n) is 4.60. The van der Waals surface area contributed by atoms with Gasteiger partial charge in [0, 0.05) is 12.7 Å². The largest absolute Gasteiger partial charge is 0.497 e. The van der Waals surface area contributed by atoms with Gasteiger partial charge in [-0.3, -0.25) is 4.79 Å². The van der Waals surface area contributed by atoms with Gasteiger partial charge in [-0.05, 0) is 30.4 Å². The Morgan fingerprint density at radius 3 is 2.64 bits per heavy atom. The highest BCUT2D eigenvalue weighted by atomic mass is 32.2. The van der Waals surface area contributed by atoms with Crippen molar-refractivity contribution in [1.29, 1.82) is 0 Å². The lowest BCUT2D eigenvalue weighted by molar-refractivity contribution is 0.0949. The van der Waals surface area contributed by atoms with Crippen molar-refractivity contribution in [2.24, 2.45) is 0 Å². The first-order chi connectivity index (χ1) is 10.7. The minimum absolute atomic E-state index is 0.152. The number of nitrogens with zero attached hydrogens (tertiary/aromatic N) is 2. The third-order valence-electron chi connectivity index (χ3n) is 3.22. The van der Waals surface area contributed by atoms with Crippen LogP contribution in [-0.2, 0) is 13.0 Å². The van der Waals surface area contributed by atoms with Crippen LogP contribution in [0.5, 0.6) is 5.75 Å². The average Bonchev–Trinajstić information content (AvgIpc) is 2.59. The summed E-state index contributed by atoms with van der Waals surface area (Å²) in [6.45, 7) is 2.43. The summed E-state index contributed by atoms with van der Waals surface area (Å²) in [7, 11) is 1.63. The van der Waals surface area contributed by atoms with Crippen molar-refractivity contribution in [3.05, 3.63) is 47.3 Å². The van der Waals surface area contributed by atoms with Gasteiger partial charge < -0.3 is 10.1 Å². The smallest absolute Gasteiger partial charge is 0.254 e. The zero-order valence-corrected chi connectivity index (χ0v) is 13.7. The predicted molar refractivity (Wildman–Crippen MR) is 87.4 cm³/mol. The monoisotopic (exact) mass is 317 g/mol. The summed E-state index contributed by atoms with van der Waals surface area (Å²) in [5.41, 5.74) is 2.31. The molecule has 0 aliphatic heterocycles. The van der Waals surface area contributed by atoms with Crippen LogP contribution >= 0.6 is 11.8 Å². The molecular formula is C16H19N3O2S. The average molecular weight is 317 g/mol. The molecule has 6 heteroatoms. The minimum Gasteiger partial charge on any atom is -0.497 e. The lowest BCUT2D eigenvalue weighted by Crippen LogP contribution is -2.24. The van der Waals surface area contributed by atoms with E-state index < -0.39 is 0 Å². The Kier molecular flexibility index (Phi) is 5.77. The molecule has 1 aromatic heterocycles. The van der Waals surface area contributed by atoms with Gasteiger partial charge in [-0.2, -0.15) is 0 Å². The van der Waals surface area contributed by atoms with Gasteiger partial charge in [-0.25, -0.2) is 9.97 Å². The highest BCUT2D eigenvalue weighted by Crippen LogP contribution is 2.14. The molecule has 0 unspecified atom stereocenters. The summed E-state index contributed by atoms with van der Waals surface area (Å²) < 4.78 is 5.11. The van der Waals surface area contributed by atoms with E-state index in [1.54, 1.807) is 13.3 Å². The number of carbonyl (C=O) groups excluding carboxylic acids is 1. The fourth-order valence-corrected chi connectivity index (χ4v) is 2.34. The molecule has 2 rings (SSSR count). The molecule has 1 aromatic carbocycles. The summed E-state index contributed by atoms with van der Waals surface area (Å²) in [4.78, 5) is 20.9. The van der Waals surface area contributed by atoms with Gasteiger partial charge in [0.1, 0.15) is 5.75 Å². The molecule has 5 nitrogen and oxygen atoms in total. The molecule has 2 aromatic rings. The molecule has 1 amide bonds. The Morgan fingerprint density at radius 1 is 1.32 bits per heavy atom. The second-order valence-corrected chi connectivity index (χ2v) is 5.37. The van der Waals surface area contributed by atoms with Crippen molar-refractivity contribution >= 4 is 17.7 Å². The molecule has 0 radical (unpaired) electrons. The van der Waals surface area contributed by atoms with Gasteiger partial charge in [0.2, 0.25) is 0 Å². The highest BCUT2D eigenvalue weighted by Gasteiger charge is 2.13. The number of rotatable bonds is 6. The first-order valence-corrected chi connectivity index (χ1v) is 8.21. The van der Waals surface area contributed by atoms with E-state index in [4.69, 9.17) is 4.74 Å². The number of aryl methyl sites for hydroxylation is 1. The number of carbonyl (C=O) groups is 1. The number of hydrogen-bond acceptors (Lipinski definition) is 5. The zero-order valence-electron chi connectivity index (χ0n) is 12.9. The van der Waals surface area contributed by atoms with Gasteiger partial charge in [0.05, 0.1) is 18.4 Å². The van der Waals surface area contributed by atoms with E-state index in [1.165, 1.54) is 11.8 Å². The van der Waals surface area contributed by atoms with Crippen LogP contribution in [0.2, 0.25) is 0 Å². The molecule has 0 fully saturated rings. The molecule has 0 saturated carbocycles. The first-order valence-electron chi connectivity index (χ1n) is 6.99. The number of ether oxygens (including phenoxy) is 1. The highest BCUT2D eigenvalue weighted by molar-refractivity contribution is 7.98. The molecule has 0 aliphatic carbocycles. The van der Waals surface area contributed by atoms with Crippen molar-refractivity contribution in [2.75, 3.05) is 13.4 Å². The molecule has 0 saturated heterocycles. The van der Waals surface area contributed by atoms with Crippen LogP contribution in [0.3, 0.4) is 0 Å². The molecule has 116 valence electrons. The van der Waals surface area contributed by atoms with Crippen LogP contribution in [-0.4, -0.2) is 29.2 Å². The molecule has 1 N–H and O–H groups in total. The van der Waals surface area contributed by atoms with Gasteiger partial charge in [0.15, 0.2) is 5.16 Å². The lowest BCUT2D eigenvalue weighted by Gasteiger charge is -2.09. The molecule has 22 heavy (non-hydrogen) atoms. The quantitative estimate of drug-likeness (QED) is 0.655. The van der Waals surface area contributed by atoms with Crippen molar-refractivity contribution in [1.82, 2.24) is 15.3 Å². The van der Waals surface area contributed by atoms with Crippen LogP contribution in [0.25, 0.3) is 0 Å². The standard InChI is InChI=1S/C16H19N3O2S/c1-4-14-13(10-18-16(19-14)22-3)15(20)17-9-11-5-7-12(21-2)8-6-11/h5-8,10H,4,9H2,1-3H3,(H,17,20). The van der Waals surface area contributed by atoms with E-state index in [1.807, 2.05) is 37.4 Å². The van der Waals surface area contributed by atoms with E-state index in [0.717, 1.165) is 17.0 Å². The molecule has 0 spiro atoms. The summed E-state index contributed by atoms with van der Waals surface area (Å²) in [5.74, 6) is 0.643. The number of benzene rings is 1. The van der Waals surface area contributed by atoms with Crippen molar-refractivity contribution in [3.8, 4) is 5.75 Å². The van der Waals surface area contributed by atoms with Gasteiger partial charge >= 0.3 is 0 Å². The maximum absolute atomic E-state index is 12.3. The van der Waals surface area contributed by atoms with Crippen molar-refractivity contribution < 1.29 is 9.53 Å². The summed E-state index contributed by atoms with van der Waals surface area (Å²) in [6.07, 6.45) is 4.21. The van der Waals surface area contributed by atoms with E-state index in [2.05, 4.69) is 15.3 Å².